The van der Waals surface area contributed by atoms with Crippen LogP contribution in [0.2, 0.25) is 5.02 Å². The van der Waals surface area contributed by atoms with Crippen LogP contribution >= 0.6 is 23.8 Å². The highest BCUT2D eigenvalue weighted by molar-refractivity contribution is 7.80. The Morgan fingerprint density at radius 2 is 2.16 bits per heavy atom. The number of rotatable bonds is 3. The van der Waals surface area contributed by atoms with Gasteiger partial charge in [0.05, 0.1) is 23.9 Å². The van der Waals surface area contributed by atoms with Crippen molar-refractivity contribution < 1.29 is 17.9 Å². The fraction of sp³-hybridized carbons (Fsp3) is 0.200. The van der Waals surface area contributed by atoms with Crippen LogP contribution in [0.5, 0.6) is 5.75 Å². The average molecular weight is 312 g/mol. The number of benzene rings is 1. The summed E-state index contributed by atoms with van der Waals surface area (Å²) in [6, 6.07) is 2.13. The van der Waals surface area contributed by atoms with E-state index in [9.17, 15) is 13.2 Å². The van der Waals surface area contributed by atoms with E-state index < -0.39 is 17.5 Å². The van der Waals surface area contributed by atoms with E-state index in [1.54, 1.807) is 0 Å². The fourth-order valence-electron chi connectivity index (χ4n) is 1.28. The summed E-state index contributed by atoms with van der Waals surface area (Å²) in [5, 5.41) is 3.28. The summed E-state index contributed by atoms with van der Waals surface area (Å²) in [4.78, 5) is 0. The van der Waals surface area contributed by atoms with Gasteiger partial charge in [-0.1, -0.05) is 11.6 Å². The summed E-state index contributed by atoms with van der Waals surface area (Å²) in [6.07, 6.45) is -3.48. The second-order valence-electron chi connectivity index (χ2n) is 3.32. The van der Waals surface area contributed by atoms with Gasteiger partial charge < -0.3 is 10.5 Å². The maximum atomic E-state index is 12.8. The predicted octanol–water partition coefficient (Wildman–Crippen LogP) is 2.53. The van der Waals surface area contributed by atoms with E-state index in [1.165, 1.54) is 6.07 Å². The predicted molar refractivity (Wildman–Crippen MR) is 70.5 cm³/mol. The van der Waals surface area contributed by atoms with Crippen molar-refractivity contribution in [2.75, 3.05) is 7.11 Å². The number of hydrogen-bond donors (Lipinski definition) is 2. The van der Waals surface area contributed by atoms with E-state index in [2.05, 4.69) is 27.5 Å². The van der Waals surface area contributed by atoms with Crippen molar-refractivity contribution in [3.05, 3.63) is 28.3 Å². The summed E-state index contributed by atoms with van der Waals surface area (Å²) in [6.45, 7) is 0. The van der Waals surface area contributed by atoms with Gasteiger partial charge in [0.1, 0.15) is 5.75 Å². The molecule has 1 aromatic rings. The van der Waals surface area contributed by atoms with Gasteiger partial charge in [-0.15, -0.1) is 0 Å². The van der Waals surface area contributed by atoms with Gasteiger partial charge in [-0.25, -0.2) is 0 Å². The second-order valence-corrected chi connectivity index (χ2v) is 4.16. The molecule has 9 heteroatoms. The first-order valence-electron chi connectivity index (χ1n) is 4.79. The molecule has 0 bridgehead atoms. The molecule has 0 amide bonds. The van der Waals surface area contributed by atoms with E-state index in [1.807, 2.05) is 0 Å². The lowest BCUT2D eigenvalue weighted by atomic mass is 10.1. The fourth-order valence-corrected chi connectivity index (χ4v) is 1.64. The van der Waals surface area contributed by atoms with Crippen LogP contribution in [-0.2, 0) is 6.18 Å². The van der Waals surface area contributed by atoms with Gasteiger partial charge in [0.2, 0.25) is 0 Å². The molecule has 3 N–H and O–H groups in total. The van der Waals surface area contributed by atoms with Crippen LogP contribution in [0, 0.1) is 0 Å². The Kier molecular flexibility index (Phi) is 4.96. The zero-order valence-corrected chi connectivity index (χ0v) is 11.2. The first-order chi connectivity index (χ1) is 8.75. The smallest absolute Gasteiger partial charge is 0.420 e. The van der Waals surface area contributed by atoms with Crippen LogP contribution < -0.4 is 15.9 Å². The molecule has 0 fully saturated rings. The van der Waals surface area contributed by atoms with Crippen molar-refractivity contribution in [3.63, 3.8) is 0 Å². The lowest BCUT2D eigenvalue weighted by Crippen LogP contribution is -2.24. The molecule has 0 radical (unpaired) electrons. The largest absolute Gasteiger partial charge is 0.495 e. The minimum absolute atomic E-state index is 0.105. The molecule has 1 rings (SSSR count). The van der Waals surface area contributed by atoms with Crippen LogP contribution in [0.15, 0.2) is 17.2 Å². The number of methoxy groups -OCH3 is 1. The minimum Gasteiger partial charge on any atom is -0.495 e. The molecule has 0 spiro atoms. The van der Waals surface area contributed by atoms with Crippen molar-refractivity contribution >= 4 is 35.1 Å². The Morgan fingerprint density at radius 1 is 1.53 bits per heavy atom. The highest BCUT2D eigenvalue weighted by Gasteiger charge is 2.35. The first kappa shape index (κ1) is 15.5. The Bertz CT molecular complexity index is 519. The lowest BCUT2D eigenvalue weighted by Gasteiger charge is -2.14. The van der Waals surface area contributed by atoms with Gasteiger partial charge in [0.25, 0.3) is 0 Å². The Labute approximate surface area is 117 Å². The number of alkyl halides is 3. The number of ether oxygens (including phenoxy) is 1. The molecule has 0 aromatic heterocycles. The third-order valence-corrected chi connectivity index (χ3v) is 2.34. The van der Waals surface area contributed by atoms with E-state index in [0.717, 1.165) is 19.4 Å². The van der Waals surface area contributed by atoms with Gasteiger partial charge in [-0.2, -0.15) is 18.3 Å². The summed E-state index contributed by atoms with van der Waals surface area (Å²) in [5.41, 5.74) is 6.48. The number of hydrazone groups is 1. The zero-order valence-electron chi connectivity index (χ0n) is 9.58. The molecule has 0 saturated heterocycles. The summed E-state index contributed by atoms with van der Waals surface area (Å²) < 4.78 is 43.1. The van der Waals surface area contributed by atoms with Crippen LogP contribution in [0.3, 0.4) is 0 Å². The molecule has 0 unspecified atom stereocenters. The molecule has 4 nitrogen and oxygen atoms in total. The monoisotopic (exact) mass is 311 g/mol. The van der Waals surface area contributed by atoms with Crippen molar-refractivity contribution in [2.45, 2.75) is 6.18 Å². The molecular formula is C10H9ClF3N3OS. The normalized spacial score (nSPS) is 11.6. The molecule has 0 aliphatic rings. The van der Waals surface area contributed by atoms with Crippen molar-refractivity contribution in [1.29, 1.82) is 0 Å². The molecule has 19 heavy (non-hydrogen) atoms. The van der Waals surface area contributed by atoms with Gasteiger partial charge in [-0.05, 0) is 29.9 Å². The topological polar surface area (TPSA) is 59.6 Å². The number of thiocarbonyl (C=S) groups is 1. The van der Waals surface area contributed by atoms with Crippen LogP contribution in [0.1, 0.15) is 11.1 Å². The molecule has 0 aliphatic heterocycles. The third kappa shape index (κ3) is 4.25. The summed E-state index contributed by atoms with van der Waals surface area (Å²) in [7, 11) is 1.11. The maximum absolute atomic E-state index is 12.8. The molecule has 0 heterocycles. The van der Waals surface area contributed by atoms with E-state index in [-0.39, 0.29) is 15.7 Å². The van der Waals surface area contributed by atoms with Crippen molar-refractivity contribution in [1.82, 2.24) is 5.43 Å². The van der Waals surface area contributed by atoms with Gasteiger partial charge in [-0.3, -0.25) is 5.43 Å². The molecule has 104 valence electrons. The van der Waals surface area contributed by atoms with E-state index in [0.29, 0.717) is 0 Å². The van der Waals surface area contributed by atoms with Crippen molar-refractivity contribution in [2.24, 2.45) is 10.8 Å². The molecular weight excluding hydrogens is 303 g/mol. The van der Waals surface area contributed by atoms with Crippen molar-refractivity contribution in [3.8, 4) is 5.75 Å². The second kappa shape index (κ2) is 6.07. The molecule has 0 saturated carbocycles. The first-order valence-corrected chi connectivity index (χ1v) is 5.57. The SMILES string of the molecule is COc1c(Cl)cc(C=NNC(N)=S)cc1C(F)(F)F. The highest BCUT2D eigenvalue weighted by atomic mass is 35.5. The summed E-state index contributed by atoms with van der Waals surface area (Å²) in [5.74, 6) is -0.436. The standard InChI is InChI=1S/C10H9ClF3N3OS/c1-18-8-6(10(12,13)14)2-5(3-7(8)11)4-16-17-9(15)19/h2-4H,1H3,(H3,15,17,19). The molecule has 0 atom stereocenters. The Morgan fingerprint density at radius 3 is 2.63 bits per heavy atom. The average Bonchev–Trinajstić information content (AvgIpc) is 2.26. The van der Waals surface area contributed by atoms with Gasteiger partial charge >= 0.3 is 6.18 Å². The molecule has 0 aliphatic carbocycles. The van der Waals surface area contributed by atoms with E-state index in [4.69, 9.17) is 17.3 Å². The number of hydrogen-bond acceptors (Lipinski definition) is 3. The quantitative estimate of drug-likeness (QED) is 0.511. The Hall–Kier alpha value is -1.54. The molecule has 1 aromatic carbocycles. The number of nitrogens with one attached hydrogen (secondary N) is 1. The number of halogens is 4. The van der Waals surface area contributed by atoms with Crippen LogP contribution in [0.4, 0.5) is 13.2 Å². The number of nitrogens with zero attached hydrogens (tertiary/aromatic N) is 1. The lowest BCUT2D eigenvalue weighted by molar-refractivity contribution is -0.138. The highest BCUT2D eigenvalue weighted by Crippen LogP contribution is 2.40. The third-order valence-electron chi connectivity index (χ3n) is 1.96. The zero-order chi connectivity index (χ0) is 14.6. The Balaban J connectivity index is 3.20. The summed E-state index contributed by atoms with van der Waals surface area (Å²) >= 11 is 10.2. The van der Waals surface area contributed by atoms with Crippen LogP contribution in [0.25, 0.3) is 0 Å². The number of nitrogens with two attached hydrogens (primary N) is 1. The minimum atomic E-state index is -4.59. The van der Waals surface area contributed by atoms with Gasteiger partial charge in [0.15, 0.2) is 5.11 Å². The van der Waals surface area contributed by atoms with E-state index >= 15 is 0 Å². The van der Waals surface area contributed by atoms with Gasteiger partial charge in [0, 0.05) is 0 Å². The van der Waals surface area contributed by atoms with Crippen LogP contribution in [-0.4, -0.2) is 18.4 Å². The maximum Gasteiger partial charge on any atom is 0.420 e.